The molecule has 0 saturated carbocycles. The van der Waals surface area contributed by atoms with Gasteiger partial charge in [0.15, 0.2) is 0 Å². The standard InChI is InChI=1S/C16H21N5O2/c1-11(2)8-14(16(23)17-3)20-15(22)12-4-6-13(7-5-12)21-10-18-9-19-21/h4-7,9-11,14H,8H2,1-3H3,(H,17,23)(H,20,22)/t14-/m0/s1. The number of benzene rings is 1. The van der Waals surface area contributed by atoms with Gasteiger partial charge in [-0.15, -0.1) is 0 Å². The van der Waals surface area contributed by atoms with Crippen LogP contribution in [-0.4, -0.2) is 39.7 Å². The van der Waals surface area contributed by atoms with Crippen molar-refractivity contribution in [3.05, 3.63) is 42.5 Å². The molecule has 0 spiro atoms. The van der Waals surface area contributed by atoms with Gasteiger partial charge in [-0.2, -0.15) is 5.10 Å². The average molecular weight is 315 g/mol. The van der Waals surface area contributed by atoms with Crippen LogP contribution in [-0.2, 0) is 4.79 Å². The van der Waals surface area contributed by atoms with E-state index in [1.54, 1.807) is 42.3 Å². The third-order valence-electron chi connectivity index (χ3n) is 3.39. The number of carbonyl (C=O) groups is 2. The molecule has 0 fully saturated rings. The lowest BCUT2D eigenvalue weighted by molar-refractivity contribution is -0.122. The molecule has 0 aliphatic carbocycles. The maximum atomic E-state index is 12.3. The van der Waals surface area contributed by atoms with Crippen molar-refractivity contribution in [2.24, 2.45) is 5.92 Å². The first-order valence-electron chi connectivity index (χ1n) is 7.48. The number of likely N-dealkylation sites (N-methyl/N-ethyl adjacent to an activating group) is 1. The first-order valence-corrected chi connectivity index (χ1v) is 7.48. The SMILES string of the molecule is CNC(=O)[C@H](CC(C)C)NC(=O)c1ccc(-n2cncn2)cc1. The van der Waals surface area contributed by atoms with Gasteiger partial charge >= 0.3 is 0 Å². The van der Waals surface area contributed by atoms with Crippen LogP contribution in [0.25, 0.3) is 5.69 Å². The summed E-state index contributed by atoms with van der Waals surface area (Å²) in [6.07, 6.45) is 3.61. The quantitative estimate of drug-likeness (QED) is 0.837. The van der Waals surface area contributed by atoms with Gasteiger partial charge in [0.25, 0.3) is 5.91 Å². The molecule has 0 aliphatic rings. The highest BCUT2D eigenvalue weighted by Gasteiger charge is 2.21. The second kappa shape index (κ2) is 7.53. The minimum absolute atomic E-state index is 0.189. The molecular formula is C16H21N5O2. The molecular weight excluding hydrogens is 294 g/mol. The number of carbonyl (C=O) groups excluding carboxylic acids is 2. The maximum absolute atomic E-state index is 12.3. The lowest BCUT2D eigenvalue weighted by Crippen LogP contribution is -2.46. The molecule has 0 bridgehead atoms. The maximum Gasteiger partial charge on any atom is 0.251 e. The van der Waals surface area contributed by atoms with Crippen molar-refractivity contribution < 1.29 is 9.59 Å². The molecule has 2 rings (SSSR count). The molecule has 0 saturated heterocycles. The van der Waals surface area contributed by atoms with E-state index in [9.17, 15) is 9.59 Å². The van der Waals surface area contributed by atoms with Crippen molar-refractivity contribution >= 4 is 11.8 Å². The topological polar surface area (TPSA) is 88.9 Å². The summed E-state index contributed by atoms with van der Waals surface area (Å²) in [5, 5.41) is 9.39. The fourth-order valence-electron chi connectivity index (χ4n) is 2.23. The van der Waals surface area contributed by atoms with Crippen LogP contribution in [0, 0.1) is 5.92 Å². The van der Waals surface area contributed by atoms with Crippen LogP contribution < -0.4 is 10.6 Å². The minimum atomic E-state index is -0.539. The second-order valence-electron chi connectivity index (χ2n) is 5.66. The Hall–Kier alpha value is -2.70. The molecule has 2 aromatic rings. The van der Waals surface area contributed by atoms with E-state index in [1.165, 1.54) is 6.33 Å². The Balaban J connectivity index is 2.08. The smallest absolute Gasteiger partial charge is 0.251 e. The third-order valence-corrected chi connectivity index (χ3v) is 3.39. The lowest BCUT2D eigenvalue weighted by Gasteiger charge is -2.19. The van der Waals surface area contributed by atoms with Gasteiger partial charge in [0.05, 0.1) is 5.69 Å². The van der Waals surface area contributed by atoms with Crippen molar-refractivity contribution in [2.75, 3.05) is 7.05 Å². The van der Waals surface area contributed by atoms with Crippen molar-refractivity contribution in [1.82, 2.24) is 25.4 Å². The fourth-order valence-corrected chi connectivity index (χ4v) is 2.23. The molecule has 1 heterocycles. The van der Waals surface area contributed by atoms with Crippen LogP contribution >= 0.6 is 0 Å². The van der Waals surface area contributed by atoms with Crippen molar-refractivity contribution in [1.29, 1.82) is 0 Å². The summed E-state index contributed by atoms with van der Waals surface area (Å²) in [4.78, 5) is 28.1. The van der Waals surface area contributed by atoms with E-state index in [-0.39, 0.29) is 11.8 Å². The number of amides is 2. The third kappa shape index (κ3) is 4.38. The van der Waals surface area contributed by atoms with Gasteiger partial charge in [-0.1, -0.05) is 13.8 Å². The van der Waals surface area contributed by atoms with Crippen molar-refractivity contribution in [3.63, 3.8) is 0 Å². The van der Waals surface area contributed by atoms with E-state index >= 15 is 0 Å². The summed E-state index contributed by atoms with van der Waals surface area (Å²) in [5.41, 5.74) is 1.30. The molecule has 23 heavy (non-hydrogen) atoms. The molecule has 2 N–H and O–H groups in total. The van der Waals surface area contributed by atoms with Gasteiger partial charge in [0, 0.05) is 12.6 Å². The average Bonchev–Trinajstić information content (AvgIpc) is 3.07. The number of rotatable bonds is 6. The van der Waals surface area contributed by atoms with E-state index in [1.807, 2.05) is 13.8 Å². The second-order valence-corrected chi connectivity index (χ2v) is 5.66. The molecule has 7 heteroatoms. The molecule has 0 radical (unpaired) electrons. The summed E-state index contributed by atoms with van der Waals surface area (Å²) in [7, 11) is 1.56. The molecule has 7 nitrogen and oxygen atoms in total. The Morgan fingerprint density at radius 2 is 1.91 bits per heavy atom. The van der Waals surface area contributed by atoms with E-state index in [2.05, 4.69) is 20.7 Å². The van der Waals surface area contributed by atoms with Crippen LogP contribution in [0.3, 0.4) is 0 Å². The predicted octanol–water partition coefficient (Wildman–Crippen LogP) is 1.16. The Morgan fingerprint density at radius 3 is 2.43 bits per heavy atom. The zero-order valence-corrected chi connectivity index (χ0v) is 13.5. The molecule has 0 aliphatic heterocycles. The van der Waals surface area contributed by atoms with Crippen molar-refractivity contribution in [3.8, 4) is 5.69 Å². The Kier molecular flexibility index (Phi) is 5.46. The van der Waals surface area contributed by atoms with Crippen LogP contribution in [0.5, 0.6) is 0 Å². The number of nitrogens with zero attached hydrogens (tertiary/aromatic N) is 3. The van der Waals surface area contributed by atoms with Crippen LogP contribution in [0.15, 0.2) is 36.9 Å². The molecule has 1 atom stereocenters. The summed E-state index contributed by atoms with van der Waals surface area (Å²) in [5.74, 6) is -0.164. The predicted molar refractivity (Wildman–Crippen MR) is 86.1 cm³/mol. The molecule has 2 amide bonds. The Bertz CT molecular complexity index is 650. The van der Waals surface area contributed by atoms with Gasteiger partial charge in [-0.05, 0) is 36.6 Å². The molecule has 0 unspecified atom stereocenters. The zero-order chi connectivity index (χ0) is 16.8. The molecule has 122 valence electrons. The Morgan fingerprint density at radius 1 is 1.22 bits per heavy atom. The Labute approximate surface area is 135 Å². The first-order chi connectivity index (χ1) is 11.0. The van der Waals surface area contributed by atoms with Gasteiger partial charge in [-0.25, -0.2) is 9.67 Å². The van der Waals surface area contributed by atoms with Crippen LogP contribution in [0.2, 0.25) is 0 Å². The van der Waals surface area contributed by atoms with E-state index < -0.39 is 6.04 Å². The normalized spacial score (nSPS) is 12.0. The van der Waals surface area contributed by atoms with E-state index in [0.29, 0.717) is 17.9 Å². The van der Waals surface area contributed by atoms with Gasteiger partial charge in [0.1, 0.15) is 18.7 Å². The van der Waals surface area contributed by atoms with Gasteiger partial charge in [-0.3, -0.25) is 9.59 Å². The fraction of sp³-hybridized carbons (Fsp3) is 0.375. The number of nitrogens with one attached hydrogen (secondary N) is 2. The summed E-state index contributed by atoms with van der Waals surface area (Å²) in [6, 6.07) is 6.41. The van der Waals surface area contributed by atoms with Crippen LogP contribution in [0.4, 0.5) is 0 Å². The summed E-state index contributed by atoms with van der Waals surface area (Å²) >= 11 is 0. The van der Waals surface area contributed by atoms with Crippen LogP contribution in [0.1, 0.15) is 30.6 Å². The number of hydrogen-bond acceptors (Lipinski definition) is 4. The minimum Gasteiger partial charge on any atom is -0.357 e. The monoisotopic (exact) mass is 315 g/mol. The highest BCUT2D eigenvalue weighted by Crippen LogP contribution is 2.10. The van der Waals surface area contributed by atoms with Crippen molar-refractivity contribution in [2.45, 2.75) is 26.3 Å². The first kappa shape index (κ1) is 16.7. The van der Waals surface area contributed by atoms with Gasteiger partial charge in [0.2, 0.25) is 5.91 Å². The highest BCUT2D eigenvalue weighted by molar-refractivity contribution is 5.97. The lowest BCUT2D eigenvalue weighted by atomic mass is 10.0. The van der Waals surface area contributed by atoms with E-state index in [0.717, 1.165) is 5.69 Å². The number of aromatic nitrogens is 3. The summed E-state index contributed by atoms with van der Waals surface area (Å²) < 4.78 is 1.60. The summed E-state index contributed by atoms with van der Waals surface area (Å²) in [6.45, 7) is 4.02. The zero-order valence-electron chi connectivity index (χ0n) is 13.5. The number of hydrogen-bond donors (Lipinski definition) is 2. The van der Waals surface area contributed by atoms with E-state index in [4.69, 9.17) is 0 Å². The molecule has 1 aromatic heterocycles. The highest BCUT2D eigenvalue weighted by atomic mass is 16.2. The largest absolute Gasteiger partial charge is 0.357 e. The van der Waals surface area contributed by atoms with Gasteiger partial charge < -0.3 is 10.6 Å². The molecule has 1 aromatic carbocycles.